The molecule has 2 aliphatic heterocycles. The van der Waals surface area contributed by atoms with Crippen LogP contribution in [-0.4, -0.2) is 52.8 Å². The van der Waals surface area contributed by atoms with Gasteiger partial charge in [-0.05, 0) is 31.1 Å². The minimum absolute atomic E-state index is 0.0780. The molecule has 5 heteroatoms. The zero-order valence-corrected chi connectivity index (χ0v) is 16.2. The molecule has 25 heavy (non-hydrogen) atoms. The van der Waals surface area contributed by atoms with Crippen LogP contribution in [0.5, 0.6) is 0 Å². The van der Waals surface area contributed by atoms with Crippen molar-refractivity contribution in [3.05, 3.63) is 11.5 Å². The number of likely N-dealkylation sites (N-methyl/N-ethyl adjacent to an activating group) is 1. The number of fused-ring (bicyclic) bond motifs is 1. The van der Waals surface area contributed by atoms with Gasteiger partial charge < -0.3 is 14.9 Å². The SMILES string of the molecule is CCCC(C)C1(CC2=NCC(O)=C3C(=O)N(C)C(C)CN23)CCCC1. The number of aliphatic hydroxyl groups is 1. The summed E-state index contributed by atoms with van der Waals surface area (Å²) in [7, 11) is 1.82. The Kier molecular flexibility index (Phi) is 5.12. The Balaban J connectivity index is 1.86. The smallest absolute Gasteiger partial charge is 0.274 e. The lowest BCUT2D eigenvalue weighted by atomic mass is 9.70. The van der Waals surface area contributed by atoms with Gasteiger partial charge in [0.15, 0.2) is 0 Å². The van der Waals surface area contributed by atoms with E-state index in [-0.39, 0.29) is 24.3 Å². The molecule has 1 N–H and O–H groups in total. The van der Waals surface area contributed by atoms with Crippen molar-refractivity contribution >= 4 is 11.7 Å². The largest absolute Gasteiger partial charge is 0.508 e. The zero-order valence-electron chi connectivity index (χ0n) is 16.2. The van der Waals surface area contributed by atoms with Crippen LogP contribution in [0.4, 0.5) is 0 Å². The number of nitrogens with zero attached hydrogens (tertiary/aromatic N) is 3. The summed E-state index contributed by atoms with van der Waals surface area (Å²) in [5.41, 5.74) is 0.768. The molecule has 1 aliphatic carbocycles. The van der Waals surface area contributed by atoms with E-state index in [1.54, 1.807) is 4.90 Å². The van der Waals surface area contributed by atoms with Crippen LogP contribution in [0.25, 0.3) is 0 Å². The van der Waals surface area contributed by atoms with Crippen LogP contribution in [0.2, 0.25) is 0 Å². The van der Waals surface area contributed by atoms with Crippen molar-refractivity contribution in [1.29, 1.82) is 0 Å². The first kappa shape index (κ1) is 18.3. The highest BCUT2D eigenvalue weighted by Crippen LogP contribution is 2.49. The maximum Gasteiger partial charge on any atom is 0.274 e. The number of amides is 1. The summed E-state index contributed by atoms with van der Waals surface area (Å²) in [6.07, 6.45) is 8.52. The molecule has 3 rings (SSSR count). The van der Waals surface area contributed by atoms with Crippen molar-refractivity contribution in [3.63, 3.8) is 0 Å². The second kappa shape index (κ2) is 7.00. The molecule has 1 saturated heterocycles. The fraction of sp³-hybridized carbons (Fsp3) is 0.800. The summed E-state index contributed by atoms with van der Waals surface area (Å²) in [4.78, 5) is 21.1. The Morgan fingerprint density at radius 1 is 1.36 bits per heavy atom. The van der Waals surface area contributed by atoms with Crippen molar-refractivity contribution in [2.75, 3.05) is 20.1 Å². The van der Waals surface area contributed by atoms with E-state index in [0.717, 1.165) is 18.8 Å². The van der Waals surface area contributed by atoms with Crippen LogP contribution in [0.1, 0.15) is 65.7 Å². The van der Waals surface area contributed by atoms with Gasteiger partial charge in [0.2, 0.25) is 0 Å². The van der Waals surface area contributed by atoms with Gasteiger partial charge in [-0.15, -0.1) is 0 Å². The summed E-state index contributed by atoms with van der Waals surface area (Å²) >= 11 is 0. The molecule has 2 heterocycles. The Morgan fingerprint density at radius 2 is 2.04 bits per heavy atom. The molecule has 3 aliphatic rings. The van der Waals surface area contributed by atoms with Crippen molar-refractivity contribution < 1.29 is 9.90 Å². The number of carbonyl (C=O) groups is 1. The van der Waals surface area contributed by atoms with Gasteiger partial charge in [0.1, 0.15) is 23.8 Å². The van der Waals surface area contributed by atoms with Gasteiger partial charge in [-0.1, -0.05) is 39.5 Å². The molecule has 1 amide bonds. The van der Waals surface area contributed by atoms with E-state index in [2.05, 4.69) is 20.8 Å². The molecule has 0 bridgehead atoms. The van der Waals surface area contributed by atoms with E-state index in [9.17, 15) is 9.90 Å². The highest BCUT2D eigenvalue weighted by Gasteiger charge is 2.44. The molecule has 2 atom stereocenters. The van der Waals surface area contributed by atoms with Crippen molar-refractivity contribution in [1.82, 2.24) is 9.80 Å². The minimum atomic E-state index is -0.0780. The number of aliphatic imine (C=N–C) groups is 1. The Morgan fingerprint density at radius 3 is 2.68 bits per heavy atom. The molecule has 1 saturated carbocycles. The first-order chi connectivity index (χ1) is 11.9. The number of piperazine rings is 1. The van der Waals surface area contributed by atoms with Crippen LogP contribution in [0, 0.1) is 11.3 Å². The Bertz CT molecular complexity index is 590. The number of aliphatic hydroxyl groups excluding tert-OH is 1. The van der Waals surface area contributed by atoms with Gasteiger partial charge in [0.05, 0.1) is 0 Å². The molecule has 2 unspecified atom stereocenters. The average molecular weight is 348 g/mol. The maximum atomic E-state index is 12.7. The number of hydrogen-bond acceptors (Lipinski definition) is 4. The molecule has 5 nitrogen and oxygen atoms in total. The normalized spacial score (nSPS) is 27.4. The van der Waals surface area contributed by atoms with Crippen molar-refractivity contribution in [2.45, 2.75) is 71.8 Å². The summed E-state index contributed by atoms with van der Waals surface area (Å²) in [5.74, 6) is 1.73. The van der Waals surface area contributed by atoms with Crippen LogP contribution in [0.3, 0.4) is 0 Å². The number of rotatable bonds is 5. The van der Waals surface area contributed by atoms with Gasteiger partial charge >= 0.3 is 0 Å². The van der Waals surface area contributed by atoms with E-state index in [0.29, 0.717) is 17.0 Å². The van der Waals surface area contributed by atoms with E-state index in [1.165, 1.54) is 38.5 Å². The number of amidine groups is 1. The minimum Gasteiger partial charge on any atom is -0.508 e. The molecule has 0 spiro atoms. The maximum absolute atomic E-state index is 12.7. The Hall–Kier alpha value is -1.52. The lowest BCUT2D eigenvalue weighted by Crippen LogP contribution is -2.56. The summed E-state index contributed by atoms with van der Waals surface area (Å²) in [5, 5.41) is 10.3. The predicted molar refractivity (Wildman–Crippen MR) is 100 cm³/mol. The number of hydrogen-bond donors (Lipinski definition) is 1. The molecular weight excluding hydrogens is 314 g/mol. The van der Waals surface area contributed by atoms with E-state index in [1.807, 2.05) is 11.9 Å². The second-order valence-electron chi connectivity index (χ2n) is 8.34. The second-order valence-corrected chi connectivity index (χ2v) is 8.34. The van der Waals surface area contributed by atoms with E-state index >= 15 is 0 Å². The van der Waals surface area contributed by atoms with Gasteiger partial charge in [-0.3, -0.25) is 9.79 Å². The van der Waals surface area contributed by atoms with E-state index in [4.69, 9.17) is 4.99 Å². The van der Waals surface area contributed by atoms with Gasteiger partial charge in [0, 0.05) is 26.1 Å². The third-order valence-corrected chi connectivity index (χ3v) is 6.77. The quantitative estimate of drug-likeness (QED) is 0.825. The lowest BCUT2D eigenvalue weighted by Gasteiger charge is -2.45. The number of carbonyl (C=O) groups excluding carboxylic acids is 1. The van der Waals surface area contributed by atoms with Crippen molar-refractivity contribution in [3.8, 4) is 0 Å². The molecule has 0 radical (unpaired) electrons. The van der Waals surface area contributed by atoms with Crippen LogP contribution in [0.15, 0.2) is 16.4 Å². The molecule has 2 fully saturated rings. The van der Waals surface area contributed by atoms with Crippen LogP contribution < -0.4 is 0 Å². The van der Waals surface area contributed by atoms with Crippen molar-refractivity contribution in [2.24, 2.45) is 16.3 Å². The monoisotopic (exact) mass is 347 g/mol. The summed E-state index contributed by atoms with van der Waals surface area (Å²) in [6, 6.07) is 0.125. The highest BCUT2D eigenvalue weighted by atomic mass is 16.3. The van der Waals surface area contributed by atoms with E-state index < -0.39 is 0 Å². The third-order valence-electron chi connectivity index (χ3n) is 6.77. The van der Waals surface area contributed by atoms with Crippen LogP contribution >= 0.6 is 0 Å². The first-order valence-corrected chi connectivity index (χ1v) is 9.89. The van der Waals surface area contributed by atoms with Crippen LogP contribution in [-0.2, 0) is 4.79 Å². The molecule has 0 aromatic heterocycles. The summed E-state index contributed by atoms with van der Waals surface area (Å²) < 4.78 is 0. The summed E-state index contributed by atoms with van der Waals surface area (Å²) in [6.45, 7) is 7.68. The lowest BCUT2D eigenvalue weighted by molar-refractivity contribution is -0.131. The van der Waals surface area contributed by atoms with Gasteiger partial charge in [-0.25, -0.2) is 0 Å². The highest BCUT2D eigenvalue weighted by molar-refractivity contribution is 6.01. The molecule has 140 valence electrons. The third kappa shape index (κ3) is 3.18. The fourth-order valence-corrected chi connectivity index (χ4v) is 4.93. The predicted octanol–water partition coefficient (Wildman–Crippen LogP) is 3.72. The molecule has 0 aromatic rings. The van der Waals surface area contributed by atoms with Gasteiger partial charge in [-0.2, -0.15) is 0 Å². The molecule has 0 aromatic carbocycles. The van der Waals surface area contributed by atoms with Gasteiger partial charge in [0.25, 0.3) is 5.91 Å². The fourth-order valence-electron chi connectivity index (χ4n) is 4.93. The standard InChI is InChI=1S/C20H33N3O2/c1-5-8-14(2)20(9-6-7-10-20)11-17-21-12-16(24)18-19(25)22(4)15(3)13-23(17)18/h14-15,24H,5-13H2,1-4H3. The first-order valence-electron chi connectivity index (χ1n) is 9.89. The average Bonchev–Trinajstić information content (AvgIpc) is 3.05. The topological polar surface area (TPSA) is 56.1 Å². The molecular formula is C20H33N3O2. The zero-order chi connectivity index (χ0) is 18.2. The Labute approximate surface area is 151 Å².